The van der Waals surface area contributed by atoms with Crippen molar-refractivity contribution in [2.45, 2.75) is 19.0 Å². The Labute approximate surface area is 114 Å². The summed E-state index contributed by atoms with van der Waals surface area (Å²) in [5, 5.41) is 6.97. The van der Waals surface area contributed by atoms with E-state index in [0.717, 1.165) is 35.9 Å². The number of hydrogen-bond acceptors (Lipinski definition) is 5. The third kappa shape index (κ3) is 2.77. The SMILES string of the molecule is COc1cc(OC)c(C2NCCNC2C)c(OC)c1. The summed E-state index contributed by atoms with van der Waals surface area (Å²) in [5.74, 6) is 2.29. The van der Waals surface area contributed by atoms with E-state index in [9.17, 15) is 0 Å². The zero-order valence-electron chi connectivity index (χ0n) is 11.9. The highest BCUT2D eigenvalue weighted by atomic mass is 16.5. The normalized spacial score (nSPS) is 22.9. The van der Waals surface area contributed by atoms with E-state index in [1.165, 1.54) is 0 Å². The summed E-state index contributed by atoms with van der Waals surface area (Å²) in [6.45, 7) is 4.05. The minimum absolute atomic E-state index is 0.157. The first-order valence-corrected chi connectivity index (χ1v) is 6.48. The zero-order chi connectivity index (χ0) is 13.8. The minimum atomic E-state index is 0.157. The second-order valence-electron chi connectivity index (χ2n) is 4.62. The zero-order valence-corrected chi connectivity index (χ0v) is 11.9. The molecule has 1 heterocycles. The molecule has 0 radical (unpaired) electrons. The van der Waals surface area contributed by atoms with Crippen LogP contribution in [0.15, 0.2) is 12.1 Å². The molecule has 0 aromatic heterocycles. The van der Waals surface area contributed by atoms with Crippen molar-refractivity contribution < 1.29 is 14.2 Å². The first kappa shape index (κ1) is 14.0. The van der Waals surface area contributed by atoms with Crippen LogP contribution in [-0.4, -0.2) is 40.5 Å². The summed E-state index contributed by atoms with van der Waals surface area (Å²) in [7, 11) is 4.97. The minimum Gasteiger partial charge on any atom is -0.496 e. The van der Waals surface area contributed by atoms with Crippen LogP contribution in [0.25, 0.3) is 0 Å². The van der Waals surface area contributed by atoms with Crippen LogP contribution in [0.5, 0.6) is 17.2 Å². The largest absolute Gasteiger partial charge is 0.496 e. The molecule has 0 spiro atoms. The van der Waals surface area contributed by atoms with Crippen molar-refractivity contribution in [3.05, 3.63) is 17.7 Å². The molecule has 2 rings (SSSR count). The van der Waals surface area contributed by atoms with Crippen molar-refractivity contribution in [3.8, 4) is 17.2 Å². The first-order chi connectivity index (χ1) is 9.21. The van der Waals surface area contributed by atoms with Crippen molar-refractivity contribution in [3.63, 3.8) is 0 Å². The van der Waals surface area contributed by atoms with Gasteiger partial charge in [0, 0.05) is 31.3 Å². The molecule has 1 saturated heterocycles. The number of rotatable bonds is 4. The maximum absolute atomic E-state index is 5.50. The van der Waals surface area contributed by atoms with Crippen LogP contribution < -0.4 is 24.8 Å². The second kappa shape index (κ2) is 6.12. The monoisotopic (exact) mass is 266 g/mol. The van der Waals surface area contributed by atoms with Crippen molar-refractivity contribution in [2.75, 3.05) is 34.4 Å². The Kier molecular flexibility index (Phi) is 4.50. The van der Waals surface area contributed by atoms with Crippen LogP contribution in [0.2, 0.25) is 0 Å². The molecular formula is C14H22N2O3. The van der Waals surface area contributed by atoms with E-state index in [2.05, 4.69) is 17.6 Å². The van der Waals surface area contributed by atoms with E-state index in [-0.39, 0.29) is 6.04 Å². The van der Waals surface area contributed by atoms with Gasteiger partial charge in [-0.2, -0.15) is 0 Å². The molecule has 19 heavy (non-hydrogen) atoms. The fraction of sp³-hybridized carbons (Fsp3) is 0.571. The molecule has 0 aliphatic carbocycles. The number of piperazine rings is 1. The summed E-state index contributed by atoms with van der Waals surface area (Å²) in [6.07, 6.45) is 0. The van der Waals surface area contributed by atoms with E-state index < -0.39 is 0 Å². The number of benzene rings is 1. The maximum Gasteiger partial charge on any atom is 0.131 e. The predicted octanol–water partition coefficient (Wildman–Crippen LogP) is 1.33. The molecule has 2 unspecified atom stereocenters. The molecule has 1 aromatic carbocycles. The van der Waals surface area contributed by atoms with Gasteiger partial charge in [-0.05, 0) is 6.92 Å². The number of ether oxygens (including phenoxy) is 3. The maximum atomic E-state index is 5.50. The highest BCUT2D eigenvalue weighted by Gasteiger charge is 2.28. The van der Waals surface area contributed by atoms with E-state index in [1.54, 1.807) is 21.3 Å². The molecule has 2 atom stereocenters. The van der Waals surface area contributed by atoms with Gasteiger partial charge in [-0.1, -0.05) is 0 Å². The molecule has 1 aliphatic rings. The molecule has 0 amide bonds. The lowest BCUT2D eigenvalue weighted by Crippen LogP contribution is -2.49. The number of methoxy groups -OCH3 is 3. The third-order valence-corrected chi connectivity index (χ3v) is 3.52. The van der Waals surface area contributed by atoms with E-state index in [4.69, 9.17) is 14.2 Å². The van der Waals surface area contributed by atoms with Crippen LogP contribution >= 0.6 is 0 Å². The van der Waals surface area contributed by atoms with Crippen molar-refractivity contribution >= 4 is 0 Å². The molecule has 1 fully saturated rings. The molecule has 106 valence electrons. The summed E-state index contributed by atoms with van der Waals surface area (Å²) < 4.78 is 16.3. The summed E-state index contributed by atoms with van der Waals surface area (Å²) in [4.78, 5) is 0. The van der Waals surface area contributed by atoms with E-state index in [1.807, 2.05) is 12.1 Å². The molecule has 0 bridgehead atoms. The third-order valence-electron chi connectivity index (χ3n) is 3.52. The Bertz CT molecular complexity index is 412. The summed E-state index contributed by atoms with van der Waals surface area (Å²) >= 11 is 0. The van der Waals surface area contributed by atoms with Crippen LogP contribution in [0.1, 0.15) is 18.5 Å². The van der Waals surface area contributed by atoms with Gasteiger partial charge in [0.15, 0.2) is 0 Å². The van der Waals surface area contributed by atoms with Gasteiger partial charge >= 0.3 is 0 Å². The van der Waals surface area contributed by atoms with Gasteiger partial charge in [-0.15, -0.1) is 0 Å². The average molecular weight is 266 g/mol. The van der Waals surface area contributed by atoms with E-state index >= 15 is 0 Å². The smallest absolute Gasteiger partial charge is 0.131 e. The van der Waals surface area contributed by atoms with Gasteiger partial charge in [0.05, 0.1) is 32.9 Å². The summed E-state index contributed by atoms with van der Waals surface area (Å²) in [6, 6.07) is 4.25. The van der Waals surface area contributed by atoms with Crippen molar-refractivity contribution in [1.29, 1.82) is 0 Å². The summed E-state index contributed by atoms with van der Waals surface area (Å²) in [5.41, 5.74) is 1.03. The van der Waals surface area contributed by atoms with Crippen molar-refractivity contribution in [1.82, 2.24) is 10.6 Å². The topological polar surface area (TPSA) is 51.8 Å². The molecule has 2 N–H and O–H groups in total. The lowest BCUT2D eigenvalue weighted by Gasteiger charge is -2.33. The Morgan fingerprint density at radius 3 is 2.00 bits per heavy atom. The molecule has 5 heteroatoms. The first-order valence-electron chi connectivity index (χ1n) is 6.48. The number of hydrogen-bond donors (Lipinski definition) is 2. The average Bonchev–Trinajstić information content (AvgIpc) is 2.46. The standard InChI is InChI=1S/C14H22N2O3/c1-9-14(16-6-5-15-9)13-11(18-3)7-10(17-2)8-12(13)19-4/h7-9,14-16H,5-6H2,1-4H3. The quantitative estimate of drug-likeness (QED) is 0.861. The van der Waals surface area contributed by atoms with Crippen LogP contribution in [0.4, 0.5) is 0 Å². The van der Waals surface area contributed by atoms with Gasteiger partial charge in [-0.3, -0.25) is 0 Å². The molecular weight excluding hydrogens is 244 g/mol. The van der Waals surface area contributed by atoms with Gasteiger partial charge in [-0.25, -0.2) is 0 Å². The molecule has 5 nitrogen and oxygen atoms in total. The highest BCUT2D eigenvalue weighted by molar-refractivity contribution is 5.53. The number of nitrogens with one attached hydrogen (secondary N) is 2. The van der Waals surface area contributed by atoms with Crippen molar-refractivity contribution in [2.24, 2.45) is 0 Å². The molecule has 1 aliphatic heterocycles. The Balaban J connectivity index is 2.46. The van der Waals surface area contributed by atoms with E-state index in [0.29, 0.717) is 6.04 Å². The van der Waals surface area contributed by atoms with Gasteiger partial charge in [0.2, 0.25) is 0 Å². The van der Waals surface area contributed by atoms with Crippen LogP contribution in [0.3, 0.4) is 0 Å². The Hall–Kier alpha value is -1.46. The van der Waals surface area contributed by atoms with Crippen LogP contribution in [0, 0.1) is 0 Å². The Morgan fingerprint density at radius 2 is 1.53 bits per heavy atom. The lowest BCUT2D eigenvalue weighted by molar-refractivity contribution is 0.311. The Morgan fingerprint density at radius 1 is 0.947 bits per heavy atom. The van der Waals surface area contributed by atoms with Crippen LogP contribution in [-0.2, 0) is 0 Å². The molecule has 1 aromatic rings. The van der Waals surface area contributed by atoms with Gasteiger partial charge in [0.1, 0.15) is 17.2 Å². The highest BCUT2D eigenvalue weighted by Crippen LogP contribution is 2.39. The fourth-order valence-corrected chi connectivity index (χ4v) is 2.51. The second-order valence-corrected chi connectivity index (χ2v) is 4.62. The van der Waals surface area contributed by atoms with Gasteiger partial charge in [0.25, 0.3) is 0 Å². The van der Waals surface area contributed by atoms with Gasteiger partial charge < -0.3 is 24.8 Å². The predicted molar refractivity (Wildman–Crippen MR) is 74.3 cm³/mol. The molecule has 0 saturated carbocycles. The lowest BCUT2D eigenvalue weighted by atomic mass is 9.96. The fourth-order valence-electron chi connectivity index (χ4n) is 2.51.